The van der Waals surface area contributed by atoms with Gasteiger partial charge in [0.2, 0.25) is 5.88 Å². The second-order valence-corrected chi connectivity index (χ2v) is 5.51. The fourth-order valence-electron chi connectivity index (χ4n) is 2.02. The molecule has 0 spiro atoms. The fourth-order valence-corrected chi connectivity index (χ4v) is 2.19. The van der Waals surface area contributed by atoms with E-state index >= 15 is 0 Å². The van der Waals surface area contributed by atoms with Crippen LogP contribution in [0, 0.1) is 0 Å². The standard InChI is InChI=1S/C14H20ClN3O2/c1-9(2)20-8-7-18-13(10(3)15)16-11-5-6-12(19-4)17-14(11)18/h5-6,9-10H,7-8H2,1-4H3. The van der Waals surface area contributed by atoms with E-state index in [0.717, 1.165) is 17.0 Å². The topological polar surface area (TPSA) is 49.2 Å². The summed E-state index contributed by atoms with van der Waals surface area (Å²) < 4.78 is 12.8. The first-order valence-electron chi connectivity index (χ1n) is 6.69. The second kappa shape index (κ2) is 6.41. The molecule has 0 fully saturated rings. The molecule has 2 rings (SSSR count). The van der Waals surface area contributed by atoms with Crippen molar-refractivity contribution in [3.05, 3.63) is 18.0 Å². The lowest BCUT2D eigenvalue weighted by Crippen LogP contribution is -2.13. The highest BCUT2D eigenvalue weighted by atomic mass is 35.5. The van der Waals surface area contributed by atoms with E-state index in [-0.39, 0.29) is 11.5 Å². The monoisotopic (exact) mass is 297 g/mol. The number of hydrogen-bond donors (Lipinski definition) is 0. The van der Waals surface area contributed by atoms with Crippen LogP contribution in [0.15, 0.2) is 12.1 Å². The molecule has 0 N–H and O–H groups in total. The molecule has 0 aliphatic rings. The third-order valence-corrected chi connectivity index (χ3v) is 3.12. The predicted molar refractivity (Wildman–Crippen MR) is 79.4 cm³/mol. The van der Waals surface area contributed by atoms with Crippen molar-refractivity contribution in [1.82, 2.24) is 14.5 Å². The van der Waals surface area contributed by atoms with Gasteiger partial charge in [-0.1, -0.05) is 0 Å². The van der Waals surface area contributed by atoms with Gasteiger partial charge in [-0.05, 0) is 26.8 Å². The summed E-state index contributed by atoms with van der Waals surface area (Å²) in [4.78, 5) is 9.00. The van der Waals surface area contributed by atoms with Gasteiger partial charge in [-0.2, -0.15) is 4.98 Å². The van der Waals surface area contributed by atoms with Crippen molar-refractivity contribution in [2.75, 3.05) is 13.7 Å². The van der Waals surface area contributed by atoms with Gasteiger partial charge in [0.05, 0.1) is 25.2 Å². The molecule has 5 nitrogen and oxygen atoms in total. The number of aromatic nitrogens is 3. The Kier molecular flexibility index (Phi) is 4.83. The van der Waals surface area contributed by atoms with Crippen LogP contribution in [0.1, 0.15) is 32.0 Å². The van der Waals surface area contributed by atoms with E-state index in [4.69, 9.17) is 21.1 Å². The van der Waals surface area contributed by atoms with Crippen LogP contribution >= 0.6 is 11.6 Å². The van der Waals surface area contributed by atoms with Crippen LogP contribution < -0.4 is 4.74 Å². The Balaban J connectivity index is 2.38. The average Bonchev–Trinajstić information content (AvgIpc) is 2.76. The fraction of sp³-hybridized carbons (Fsp3) is 0.571. The molecule has 20 heavy (non-hydrogen) atoms. The predicted octanol–water partition coefficient (Wildman–Crippen LogP) is 3.16. The van der Waals surface area contributed by atoms with Crippen LogP contribution in [0.3, 0.4) is 0 Å². The van der Waals surface area contributed by atoms with E-state index in [1.165, 1.54) is 0 Å². The van der Waals surface area contributed by atoms with Crippen LogP contribution in [-0.2, 0) is 11.3 Å². The Hall–Kier alpha value is -1.33. The molecule has 0 saturated carbocycles. The van der Waals surface area contributed by atoms with Gasteiger partial charge in [0.25, 0.3) is 0 Å². The Bertz CT molecular complexity index is 581. The van der Waals surface area contributed by atoms with Gasteiger partial charge in [-0.15, -0.1) is 11.6 Å². The molecule has 1 unspecified atom stereocenters. The number of methoxy groups -OCH3 is 1. The van der Waals surface area contributed by atoms with Gasteiger partial charge in [0.15, 0.2) is 5.65 Å². The van der Waals surface area contributed by atoms with E-state index in [9.17, 15) is 0 Å². The molecule has 0 aliphatic carbocycles. The van der Waals surface area contributed by atoms with Crippen molar-refractivity contribution in [2.45, 2.75) is 38.8 Å². The average molecular weight is 298 g/mol. The third kappa shape index (κ3) is 3.22. The van der Waals surface area contributed by atoms with Crippen molar-refractivity contribution in [3.8, 4) is 5.88 Å². The van der Waals surface area contributed by atoms with E-state index in [0.29, 0.717) is 19.0 Å². The summed E-state index contributed by atoms with van der Waals surface area (Å²) in [5.74, 6) is 1.37. The molecule has 110 valence electrons. The Labute approximate surface area is 123 Å². The van der Waals surface area contributed by atoms with Crippen molar-refractivity contribution in [3.63, 3.8) is 0 Å². The number of nitrogens with zero attached hydrogens (tertiary/aromatic N) is 3. The summed E-state index contributed by atoms with van der Waals surface area (Å²) in [5.41, 5.74) is 1.59. The number of fused-ring (bicyclic) bond motifs is 1. The quantitative estimate of drug-likeness (QED) is 0.769. The lowest BCUT2D eigenvalue weighted by Gasteiger charge is -2.12. The number of rotatable bonds is 6. The number of halogens is 1. The zero-order valence-corrected chi connectivity index (χ0v) is 13.0. The van der Waals surface area contributed by atoms with Crippen molar-refractivity contribution in [2.24, 2.45) is 0 Å². The van der Waals surface area contributed by atoms with Gasteiger partial charge >= 0.3 is 0 Å². The number of hydrogen-bond acceptors (Lipinski definition) is 4. The first-order valence-corrected chi connectivity index (χ1v) is 7.13. The van der Waals surface area contributed by atoms with E-state index in [1.54, 1.807) is 13.2 Å². The molecule has 0 amide bonds. The van der Waals surface area contributed by atoms with Gasteiger partial charge in [0.1, 0.15) is 11.3 Å². The van der Waals surface area contributed by atoms with Gasteiger partial charge in [-0.25, -0.2) is 4.98 Å². The minimum atomic E-state index is -0.186. The molecule has 0 radical (unpaired) electrons. The summed E-state index contributed by atoms with van der Waals surface area (Å²) in [5, 5.41) is -0.186. The zero-order chi connectivity index (χ0) is 14.7. The summed E-state index contributed by atoms with van der Waals surface area (Å²) in [6, 6.07) is 3.69. The largest absolute Gasteiger partial charge is 0.481 e. The maximum Gasteiger partial charge on any atom is 0.215 e. The second-order valence-electron chi connectivity index (χ2n) is 4.85. The first kappa shape index (κ1) is 15.1. The maximum atomic E-state index is 6.21. The Morgan fingerprint density at radius 1 is 1.25 bits per heavy atom. The highest BCUT2D eigenvalue weighted by Gasteiger charge is 2.16. The molecule has 0 saturated heterocycles. The zero-order valence-electron chi connectivity index (χ0n) is 12.3. The van der Waals surface area contributed by atoms with Crippen molar-refractivity contribution < 1.29 is 9.47 Å². The molecule has 0 bridgehead atoms. The van der Waals surface area contributed by atoms with Crippen molar-refractivity contribution >= 4 is 22.8 Å². The van der Waals surface area contributed by atoms with Gasteiger partial charge in [-0.3, -0.25) is 0 Å². The maximum absolute atomic E-state index is 6.21. The van der Waals surface area contributed by atoms with Crippen LogP contribution in [-0.4, -0.2) is 34.4 Å². The van der Waals surface area contributed by atoms with Gasteiger partial charge < -0.3 is 14.0 Å². The normalized spacial score (nSPS) is 13.1. The summed E-state index contributed by atoms with van der Waals surface area (Å²) in [6.07, 6.45) is 0.198. The third-order valence-electron chi connectivity index (χ3n) is 2.93. The lowest BCUT2D eigenvalue weighted by atomic mass is 10.4. The minimum absolute atomic E-state index is 0.186. The highest BCUT2D eigenvalue weighted by molar-refractivity contribution is 6.20. The van der Waals surface area contributed by atoms with Crippen LogP contribution in [0.4, 0.5) is 0 Å². The van der Waals surface area contributed by atoms with E-state index in [2.05, 4.69) is 9.97 Å². The van der Waals surface area contributed by atoms with Crippen LogP contribution in [0.2, 0.25) is 0 Å². The van der Waals surface area contributed by atoms with Crippen LogP contribution in [0.25, 0.3) is 11.2 Å². The Morgan fingerprint density at radius 2 is 2.00 bits per heavy atom. The molecule has 0 aliphatic heterocycles. The number of pyridine rings is 1. The molecule has 0 aromatic carbocycles. The Morgan fingerprint density at radius 3 is 2.60 bits per heavy atom. The van der Waals surface area contributed by atoms with E-state index < -0.39 is 0 Å². The summed E-state index contributed by atoms with van der Waals surface area (Å²) >= 11 is 6.21. The number of ether oxygens (including phenoxy) is 2. The summed E-state index contributed by atoms with van der Waals surface area (Å²) in [7, 11) is 1.60. The number of imidazole rings is 1. The molecule has 1 atom stereocenters. The SMILES string of the molecule is COc1ccc2nc(C(C)Cl)n(CCOC(C)C)c2n1. The number of alkyl halides is 1. The van der Waals surface area contributed by atoms with Crippen LogP contribution in [0.5, 0.6) is 5.88 Å². The van der Waals surface area contributed by atoms with Crippen molar-refractivity contribution in [1.29, 1.82) is 0 Å². The molecular formula is C14H20ClN3O2. The molecule has 6 heteroatoms. The van der Waals surface area contributed by atoms with E-state index in [1.807, 2.05) is 31.4 Å². The highest BCUT2D eigenvalue weighted by Crippen LogP contribution is 2.25. The van der Waals surface area contributed by atoms with Gasteiger partial charge in [0, 0.05) is 12.6 Å². The summed E-state index contributed by atoms with van der Waals surface area (Å²) in [6.45, 7) is 7.19. The molecular weight excluding hydrogens is 278 g/mol. The lowest BCUT2D eigenvalue weighted by molar-refractivity contribution is 0.0728. The molecule has 2 aromatic rings. The molecule has 2 aromatic heterocycles. The molecule has 2 heterocycles. The smallest absolute Gasteiger partial charge is 0.215 e. The minimum Gasteiger partial charge on any atom is -0.481 e. The first-order chi connectivity index (χ1) is 9.52.